The van der Waals surface area contributed by atoms with E-state index in [-0.39, 0.29) is 11.7 Å². The Morgan fingerprint density at radius 2 is 2.29 bits per heavy atom. The molecule has 0 saturated carbocycles. The van der Waals surface area contributed by atoms with Crippen molar-refractivity contribution in [2.75, 3.05) is 7.05 Å². The number of amides is 2. The van der Waals surface area contributed by atoms with Gasteiger partial charge in [0.1, 0.15) is 11.8 Å². The molecule has 0 saturated heterocycles. The van der Waals surface area contributed by atoms with Gasteiger partial charge in [0.05, 0.1) is 6.42 Å². The average Bonchev–Trinajstić information content (AvgIpc) is 2.37. The number of carbonyl (C=O) groups is 2. The molecule has 1 aromatic rings. The van der Waals surface area contributed by atoms with Gasteiger partial charge in [0.2, 0.25) is 11.8 Å². The number of fused-ring (bicyclic) bond motifs is 1. The van der Waals surface area contributed by atoms with Gasteiger partial charge in [-0.2, -0.15) is 0 Å². The summed E-state index contributed by atoms with van der Waals surface area (Å²) >= 11 is 0. The lowest BCUT2D eigenvalue weighted by molar-refractivity contribution is -0.135. The van der Waals surface area contributed by atoms with Crippen LogP contribution in [0.25, 0.3) is 0 Å². The largest absolute Gasteiger partial charge is 0.508 e. The van der Waals surface area contributed by atoms with Crippen LogP contribution < -0.4 is 5.73 Å². The molecule has 2 radical (unpaired) electrons. The Labute approximate surface area is 98.8 Å². The maximum atomic E-state index is 11.6. The molecule has 0 aliphatic carbocycles. The van der Waals surface area contributed by atoms with Gasteiger partial charge in [0, 0.05) is 7.05 Å². The smallest absolute Gasteiger partial charge is 0.244 e. The number of likely N-dealkylation sites (N-methyl/N-ethyl adjacent to an activating group) is 1. The fourth-order valence-electron chi connectivity index (χ4n) is 1.96. The lowest BCUT2D eigenvalue weighted by atomic mass is 9.98. The molecule has 1 heterocycles. The third-order valence-corrected chi connectivity index (χ3v) is 2.83. The van der Waals surface area contributed by atoms with E-state index in [1.807, 2.05) is 0 Å². The summed E-state index contributed by atoms with van der Waals surface area (Å²) in [4.78, 5) is 24.3. The maximum Gasteiger partial charge on any atom is 0.244 e. The molecule has 2 rings (SSSR count). The minimum Gasteiger partial charge on any atom is -0.508 e. The lowest BCUT2D eigenvalue weighted by Crippen LogP contribution is -2.38. The van der Waals surface area contributed by atoms with E-state index in [1.54, 1.807) is 6.07 Å². The van der Waals surface area contributed by atoms with E-state index < -0.39 is 11.9 Å². The minimum atomic E-state index is -0.861. The van der Waals surface area contributed by atoms with E-state index in [1.165, 1.54) is 24.1 Å². The highest BCUT2D eigenvalue weighted by Gasteiger charge is 2.31. The molecule has 17 heavy (non-hydrogen) atoms. The normalized spacial score (nSPS) is 19.7. The van der Waals surface area contributed by atoms with E-state index >= 15 is 0 Å². The van der Waals surface area contributed by atoms with Crippen LogP contribution in [-0.4, -0.2) is 28.9 Å². The van der Waals surface area contributed by atoms with Crippen molar-refractivity contribution in [3.05, 3.63) is 35.7 Å². The van der Waals surface area contributed by atoms with Crippen LogP contribution in [0.5, 0.6) is 5.75 Å². The average molecular weight is 232 g/mol. The summed E-state index contributed by atoms with van der Waals surface area (Å²) in [7, 11) is 1.49. The number of hydrogen-bond acceptors (Lipinski definition) is 3. The van der Waals surface area contributed by atoms with E-state index in [0.29, 0.717) is 12.0 Å². The van der Waals surface area contributed by atoms with Gasteiger partial charge in [-0.05, 0) is 29.7 Å². The molecule has 0 aromatic heterocycles. The Morgan fingerprint density at radius 1 is 1.59 bits per heavy atom. The second-order valence-electron chi connectivity index (χ2n) is 3.96. The van der Waals surface area contributed by atoms with Gasteiger partial charge < -0.3 is 15.7 Å². The van der Waals surface area contributed by atoms with Crippen LogP contribution in [0, 0.1) is 6.42 Å². The Hall–Kier alpha value is -2.04. The van der Waals surface area contributed by atoms with Crippen molar-refractivity contribution in [1.29, 1.82) is 0 Å². The van der Waals surface area contributed by atoms with Crippen molar-refractivity contribution in [2.45, 2.75) is 12.5 Å². The highest BCUT2D eigenvalue weighted by molar-refractivity contribution is 5.92. The molecular formula is C12H12N2O3. The van der Waals surface area contributed by atoms with Crippen LogP contribution >= 0.6 is 0 Å². The molecular weight excluding hydrogens is 220 g/mol. The molecule has 5 nitrogen and oxygen atoms in total. The summed E-state index contributed by atoms with van der Waals surface area (Å²) in [6, 6.07) is 3.77. The lowest BCUT2D eigenvalue weighted by Gasteiger charge is -2.24. The van der Waals surface area contributed by atoms with Gasteiger partial charge in [0.15, 0.2) is 0 Å². The first-order valence-electron chi connectivity index (χ1n) is 5.12. The zero-order chi connectivity index (χ0) is 12.6. The Kier molecular flexibility index (Phi) is 2.75. The highest BCUT2D eigenvalue weighted by Crippen LogP contribution is 2.30. The third-order valence-electron chi connectivity index (χ3n) is 2.83. The second kappa shape index (κ2) is 4.08. The van der Waals surface area contributed by atoms with Gasteiger partial charge in [-0.1, -0.05) is 6.07 Å². The summed E-state index contributed by atoms with van der Waals surface area (Å²) in [5.74, 6) is -0.960. The van der Waals surface area contributed by atoms with Crippen LogP contribution in [0.3, 0.4) is 0 Å². The summed E-state index contributed by atoms with van der Waals surface area (Å²) < 4.78 is 0. The first-order chi connectivity index (χ1) is 8.00. The SMILES string of the molecule is CN1C(=O)[C]Cc2ccc(O)cc2C1C(N)=O. The fourth-order valence-corrected chi connectivity index (χ4v) is 1.96. The molecule has 3 N–H and O–H groups in total. The number of nitrogens with zero attached hydrogens (tertiary/aromatic N) is 1. The number of phenolic OH excluding ortho intramolecular Hbond substituents is 1. The Balaban J connectivity index is 2.57. The zero-order valence-electron chi connectivity index (χ0n) is 9.30. The van der Waals surface area contributed by atoms with Crippen LogP contribution in [0.15, 0.2) is 18.2 Å². The molecule has 88 valence electrons. The van der Waals surface area contributed by atoms with Crippen molar-refractivity contribution < 1.29 is 14.7 Å². The topological polar surface area (TPSA) is 83.6 Å². The second-order valence-corrected chi connectivity index (χ2v) is 3.96. The molecule has 1 atom stereocenters. The molecule has 1 unspecified atom stereocenters. The van der Waals surface area contributed by atoms with Gasteiger partial charge in [-0.3, -0.25) is 9.59 Å². The van der Waals surface area contributed by atoms with Gasteiger partial charge in [-0.25, -0.2) is 0 Å². The summed E-state index contributed by atoms with van der Waals surface area (Å²) in [5, 5.41) is 9.46. The molecule has 1 aromatic carbocycles. The number of nitrogens with two attached hydrogens (primary N) is 1. The molecule has 5 heteroatoms. The maximum absolute atomic E-state index is 11.6. The fraction of sp³-hybridized carbons (Fsp3) is 0.250. The predicted molar refractivity (Wildman–Crippen MR) is 59.8 cm³/mol. The zero-order valence-corrected chi connectivity index (χ0v) is 9.30. The quantitative estimate of drug-likeness (QED) is 0.715. The number of hydrogen-bond donors (Lipinski definition) is 2. The van der Waals surface area contributed by atoms with Crippen LogP contribution in [-0.2, 0) is 16.0 Å². The van der Waals surface area contributed by atoms with Crippen LogP contribution in [0.2, 0.25) is 0 Å². The molecule has 0 fully saturated rings. The number of aromatic hydroxyl groups is 1. The molecule has 2 amide bonds. The Bertz CT molecular complexity index is 485. The number of benzene rings is 1. The Morgan fingerprint density at radius 3 is 2.94 bits per heavy atom. The van der Waals surface area contributed by atoms with E-state index in [2.05, 4.69) is 6.42 Å². The van der Waals surface area contributed by atoms with Crippen molar-refractivity contribution in [3.8, 4) is 5.75 Å². The third kappa shape index (κ3) is 1.95. The molecule has 1 aliphatic rings. The molecule has 0 bridgehead atoms. The van der Waals surface area contributed by atoms with Crippen molar-refractivity contribution in [3.63, 3.8) is 0 Å². The summed E-state index contributed by atoms with van der Waals surface area (Å²) in [5.41, 5.74) is 6.63. The van der Waals surface area contributed by atoms with Gasteiger partial charge >= 0.3 is 0 Å². The summed E-state index contributed by atoms with van der Waals surface area (Å²) in [6.45, 7) is 0. The van der Waals surface area contributed by atoms with Crippen molar-refractivity contribution >= 4 is 11.8 Å². The van der Waals surface area contributed by atoms with E-state index in [0.717, 1.165) is 5.56 Å². The van der Waals surface area contributed by atoms with Crippen molar-refractivity contribution in [2.24, 2.45) is 5.73 Å². The molecule has 1 aliphatic heterocycles. The van der Waals surface area contributed by atoms with E-state index in [4.69, 9.17) is 5.73 Å². The number of primary amides is 1. The summed E-state index contributed by atoms with van der Waals surface area (Å²) in [6.07, 6.45) is 2.96. The van der Waals surface area contributed by atoms with Crippen LogP contribution in [0.1, 0.15) is 17.2 Å². The highest BCUT2D eigenvalue weighted by atomic mass is 16.3. The predicted octanol–water partition coefficient (Wildman–Crippen LogP) is 0.0144. The first kappa shape index (κ1) is 11.4. The standard InChI is InChI=1S/C12H12N2O3/c1-14-10(16)5-3-7-2-4-8(15)6-9(7)11(14)12(13)17/h2,4,6,11,15H,3H2,1H3,(H2,13,17). The van der Waals surface area contributed by atoms with Gasteiger partial charge in [0.25, 0.3) is 0 Å². The molecule has 0 spiro atoms. The van der Waals surface area contributed by atoms with E-state index in [9.17, 15) is 14.7 Å². The van der Waals surface area contributed by atoms with Gasteiger partial charge in [-0.15, -0.1) is 0 Å². The minimum absolute atomic E-state index is 0.0396. The van der Waals surface area contributed by atoms with Crippen LogP contribution in [0.4, 0.5) is 0 Å². The van der Waals surface area contributed by atoms with Crippen molar-refractivity contribution in [1.82, 2.24) is 4.90 Å². The number of carbonyl (C=O) groups excluding carboxylic acids is 2. The monoisotopic (exact) mass is 232 g/mol. The number of phenols is 1. The first-order valence-corrected chi connectivity index (χ1v) is 5.12. The number of rotatable bonds is 1.